The number of fused-ring (bicyclic) bond motifs is 3. The predicted molar refractivity (Wildman–Crippen MR) is 147 cm³/mol. The summed E-state index contributed by atoms with van der Waals surface area (Å²) >= 11 is 3.33. The van der Waals surface area contributed by atoms with Crippen molar-refractivity contribution in [2.75, 3.05) is 4.90 Å². The van der Waals surface area contributed by atoms with Crippen molar-refractivity contribution in [1.82, 2.24) is 4.90 Å². The lowest BCUT2D eigenvalue weighted by atomic mass is 9.85. The van der Waals surface area contributed by atoms with E-state index in [0.29, 0.717) is 11.1 Å². The fraction of sp³-hybridized carbons (Fsp3) is 0.161. The number of anilines is 1. The molecule has 2 saturated heterocycles. The average molecular weight is 621 g/mol. The first-order valence-electron chi connectivity index (χ1n) is 12.7. The first kappa shape index (κ1) is 26.9. The van der Waals surface area contributed by atoms with Crippen molar-refractivity contribution < 1.29 is 32.3 Å². The van der Waals surface area contributed by atoms with Crippen LogP contribution in [0.4, 0.5) is 18.9 Å². The quantitative estimate of drug-likeness (QED) is 0.264. The van der Waals surface area contributed by atoms with Crippen molar-refractivity contribution in [3.05, 3.63) is 124 Å². The molecule has 0 spiro atoms. The van der Waals surface area contributed by atoms with E-state index in [-0.39, 0.29) is 17.0 Å². The second kappa shape index (κ2) is 9.95. The highest BCUT2D eigenvalue weighted by molar-refractivity contribution is 9.10. The minimum Gasteiger partial charge on any atom is -0.359 e. The molecule has 4 atom stereocenters. The van der Waals surface area contributed by atoms with Crippen LogP contribution >= 0.6 is 15.9 Å². The van der Waals surface area contributed by atoms with Crippen LogP contribution in [0.5, 0.6) is 0 Å². The third-order valence-corrected chi connectivity index (χ3v) is 8.20. The molecule has 0 bridgehead atoms. The lowest BCUT2D eigenvalue weighted by Gasteiger charge is -2.33. The van der Waals surface area contributed by atoms with E-state index < -0.39 is 53.3 Å². The second-order valence-corrected chi connectivity index (χ2v) is 10.9. The van der Waals surface area contributed by atoms with Gasteiger partial charge < -0.3 is 4.90 Å². The van der Waals surface area contributed by atoms with Crippen molar-refractivity contribution in [1.29, 1.82) is 0 Å². The maximum absolute atomic E-state index is 13.9. The molecule has 0 aromatic heterocycles. The number of halogens is 4. The summed E-state index contributed by atoms with van der Waals surface area (Å²) in [5.41, 5.74) is -0.215. The zero-order valence-electron chi connectivity index (χ0n) is 21.1. The van der Waals surface area contributed by atoms with Crippen LogP contribution in [0.1, 0.15) is 26.3 Å². The number of imide groups is 1. The molecular formula is C31H20BrF3N2O4. The van der Waals surface area contributed by atoms with Gasteiger partial charge in [0.15, 0.2) is 11.6 Å². The Bertz CT molecular complexity index is 1650. The van der Waals surface area contributed by atoms with Gasteiger partial charge in [-0.3, -0.25) is 19.2 Å². The average Bonchev–Trinajstić information content (AvgIpc) is 3.44. The molecule has 3 heterocycles. The molecule has 41 heavy (non-hydrogen) atoms. The summed E-state index contributed by atoms with van der Waals surface area (Å²) in [6, 6.07) is 17.1. The fourth-order valence-corrected chi connectivity index (χ4v) is 6.08. The van der Waals surface area contributed by atoms with Crippen molar-refractivity contribution in [2.45, 2.75) is 18.3 Å². The van der Waals surface area contributed by atoms with Crippen molar-refractivity contribution in [3.8, 4) is 0 Å². The number of Topliss-reactive ketones (excluding diaryl/α,β-unsaturated/α-hetero) is 2. The van der Waals surface area contributed by atoms with Crippen LogP contribution in [-0.4, -0.2) is 40.4 Å². The number of benzene rings is 3. The van der Waals surface area contributed by atoms with Crippen LogP contribution in [-0.2, 0) is 15.8 Å². The molecule has 3 aromatic rings. The van der Waals surface area contributed by atoms with E-state index >= 15 is 0 Å². The third-order valence-electron chi connectivity index (χ3n) is 7.68. The Labute approximate surface area is 240 Å². The van der Waals surface area contributed by atoms with Crippen LogP contribution in [0.2, 0.25) is 0 Å². The van der Waals surface area contributed by atoms with Crippen LogP contribution < -0.4 is 4.90 Å². The Morgan fingerprint density at radius 1 is 0.805 bits per heavy atom. The summed E-state index contributed by atoms with van der Waals surface area (Å²) < 4.78 is 41.1. The maximum Gasteiger partial charge on any atom is 0.416 e. The van der Waals surface area contributed by atoms with Gasteiger partial charge in [0.1, 0.15) is 6.04 Å². The Balaban J connectivity index is 1.43. The minimum atomic E-state index is -4.68. The zero-order chi connectivity index (χ0) is 29.1. The normalized spacial score (nSPS) is 23.4. The van der Waals surface area contributed by atoms with Crippen LogP contribution in [0, 0.1) is 11.8 Å². The van der Waals surface area contributed by atoms with Gasteiger partial charge in [-0.1, -0.05) is 70.5 Å². The number of rotatable bonds is 5. The topological polar surface area (TPSA) is 74.8 Å². The number of ketones is 2. The van der Waals surface area contributed by atoms with Gasteiger partial charge in [0, 0.05) is 27.4 Å². The van der Waals surface area contributed by atoms with Gasteiger partial charge >= 0.3 is 6.18 Å². The molecule has 0 unspecified atom stereocenters. The Hall–Kier alpha value is -4.31. The lowest BCUT2D eigenvalue weighted by Crippen LogP contribution is -2.46. The molecule has 0 radical (unpaired) electrons. The van der Waals surface area contributed by atoms with Crippen molar-refractivity contribution in [2.24, 2.45) is 11.8 Å². The first-order chi connectivity index (χ1) is 19.6. The highest BCUT2D eigenvalue weighted by Crippen LogP contribution is 2.47. The van der Waals surface area contributed by atoms with Gasteiger partial charge in [0.2, 0.25) is 11.8 Å². The molecular weight excluding hydrogens is 601 g/mol. The van der Waals surface area contributed by atoms with Crippen LogP contribution in [0.15, 0.2) is 107 Å². The molecule has 0 aliphatic carbocycles. The minimum absolute atomic E-state index is 0.221. The van der Waals surface area contributed by atoms with Gasteiger partial charge in [-0.2, -0.15) is 13.2 Å². The molecule has 206 valence electrons. The molecule has 2 fully saturated rings. The number of alkyl halides is 3. The van der Waals surface area contributed by atoms with E-state index in [1.165, 1.54) is 6.07 Å². The maximum atomic E-state index is 13.9. The van der Waals surface area contributed by atoms with E-state index in [9.17, 15) is 32.3 Å². The summed E-state index contributed by atoms with van der Waals surface area (Å²) in [6.45, 7) is 0. The Kier molecular flexibility index (Phi) is 6.53. The number of hydrogen-bond donors (Lipinski definition) is 0. The third kappa shape index (κ3) is 4.52. The molecule has 0 N–H and O–H groups in total. The highest BCUT2D eigenvalue weighted by atomic mass is 79.9. The van der Waals surface area contributed by atoms with Gasteiger partial charge in [0.25, 0.3) is 0 Å². The number of carbonyl (C=O) groups excluding carboxylic acids is 4. The van der Waals surface area contributed by atoms with Gasteiger partial charge in [-0.15, -0.1) is 0 Å². The van der Waals surface area contributed by atoms with E-state index in [1.807, 2.05) is 0 Å². The summed E-state index contributed by atoms with van der Waals surface area (Å²) in [5, 5.41) is 0. The Morgan fingerprint density at radius 2 is 1.49 bits per heavy atom. The number of nitrogens with zero attached hydrogens (tertiary/aromatic N) is 2. The highest BCUT2D eigenvalue weighted by Gasteiger charge is 2.63. The van der Waals surface area contributed by atoms with E-state index in [4.69, 9.17) is 0 Å². The monoisotopic (exact) mass is 620 g/mol. The molecule has 10 heteroatoms. The van der Waals surface area contributed by atoms with Crippen molar-refractivity contribution >= 4 is 45.0 Å². The zero-order valence-corrected chi connectivity index (χ0v) is 22.7. The van der Waals surface area contributed by atoms with Gasteiger partial charge in [0.05, 0.1) is 29.1 Å². The number of allylic oxidation sites excluding steroid dienone is 2. The number of carbonyl (C=O) groups is 4. The van der Waals surface area contributed by atoms with Crippen LogP contribution in [0.3, 0.4) is 0 Å². The first-order valence-corrected chi connectivity index (χ1v) is 13.5. The summed E-state index contributed by atoms with van der Waals surface area (Å²) in [6.07, 6.45) is -0.00904. The van der Waals surface area contributed by atoms with Gasteiger partial charge in [-0.25, -0.2) is 4.90 Å². The summed E-state index contributed by atoms with van der Waals surface area (Å²) in [7, 11) is 0. The number of hydrogen-bond acceptors (Lipinski definition) is 5. The summed E-state index contributed by atoms with van der Waals surface area (Å²) in [4.78, 5) is 57.2. The number of amides is 2. The lowest BCUT2D eigenvalue weighted by molar-refractivity contribution is -0.137. The fourth-order valence-electron chi connectivity index (χ4n) is 5.81. The molecule has 3 aliphatic heterocycles. The predicted octanol–water partition coefficient (Wildman–Crippen LogP) is 5.85. The van der Waals surface area contributed by atoms with Gasteiger partial charge in [-0.05, 0) is 36.4 Å². The second-order valence-electron chi connectivity index (χ2n) is 10.00. The van der Waals surface area contributed by atoms with Crippen LogP contribution in [0.25, 0.3) is 0 Å². The Morgan fingerprint density at radius 3 is 2.17 bits per heavy atom. The van der Waals surface area contributed by atoms with E-state index in [1.54, 1.807) is 77.8 Å². The summed E-state index contributed by atoms with van der Waals surface area (Å²) in [5.74, 6) is -4.47. The molecule has 0 saturated carbocycles. The standard InChI is InChI=1S/C31H20BrF3N2O4/c32-21-11-9-18(10-12-21)28(39)26-25-24(23-15-19(13-14-36(23)26)27(38)17-5-2-1-3-6-17)29(40)37(30(25)41)22-8-4-7-20(16-22)31(33,34)35/h1-16,23-26H/t23-,24+,25+,26+/m1/s1. The molecule has 3 aromatic carbocycles. The molecule has 2 amide bonds. The van der Waals surface area contributed by atoms with Crippen molar-refractivity contribution in [3.63, 3.8) is 0 Å². The SMILES string of the molecule is O=C(C1=C[C@@H]2[C@@H]3C(=O)N(c4cccc(C(F)(F)F)c4)C(=O)[C@@H]3[C@@H](C(=O)c3ccc(Br)cc3)N2C=C1)c1ccccc1. The largest absolute Gasteiger partial charge is 0.416 e. The van der Waals surface area contributed by atoms with E-state index in [0.717, 1.165) is 27.6 Å². The smallest absolute Gasteiger partial charge is 0.359 e. The van der Waals surface area contributed by atoms with E-state index in [2.05, 4.69) is 15.9 Å². The molecule has 6 nitrogen and oxygen atoms in total. The molecule has 3 aliphatic rings. The molecule has 6 rings (SSSR count).